The van der Waals surface area contributed by atoms with E-state index in [0.717, 1.165) is 18.9 Å². The summed E-state index contributed by atoms with van der Waals surface area (Å²) in [6, 6.07) is 5.67. The molecule has 2 amide bonds. The molecule has 1 N–H and O–H groups in total. The number of aliphatic hydroxyl groups is 1. The number of anilines is 1. The van der Waals surface area contributed by atoms with Gasteiger partial charge in [-0.05, 0) is 18.6 Å². The lowest BCUT2D eigenvalue weighted by Gasteiger charge is -2.37. The molecule has 1 atom stereocenters. The van der Waals surface area contributed by atoms with Crippen molar-refractivity contribution >= 4 is 11.8 Å². The number of carbonyl (C=O) groups excluding carboxylic acids is 1. The Hall–Kier alpha value is -2.33. The minimum Gasteiger partial charge on any atom is -0.391 e. The molecule has 0 aliphatic carbocycles. The summed E-state index contributed by atoms with van der Waals surface area (Å²) in [6.07, 6.45) is 1.85. The summed E-state index contributed by atoms with van der Waals surface area (Å²) in [6.45, 7) is 3.82. The average Bonchev–Trinajstić information content (AvgIpc) is 3.01. The van der Waals surface area contributed by atoms with Crippen LogP contribution in [-0.2, 0) is 0 Å². The van der Waals surface area contributed by atoms with Crippen molar-refractivity contribution in [2.45, 2.75) is 12.5 Å². The van der Waals surface area contributed by atoms with Gasteiger partial charge in [0.2, 0.25) is 0 Å². The van der Waals surface area contributed by atoms with Crippen LogP contribution in [0.5, 0.6) is 0 Å². The molecule has 1 aromatic heterocycles. The Balaban J connectivity index is 1.55. The van der Waals surface area contributed by atoms with E-state index >= 15 is 0 Å². The molecule has 2 fully saturated rings. The zero-order valence-corrected chi connectivity index (χ0v) is 12.4. The number of nitriles is 1. The lowest BCUT2D eigenvalue weighted by Crippen LogP contribution is -2.52. The van der Waals surface area contributed by atoms with Gasteiger partial charge in [0, 0.05) is 45.5 Å². The SMILES string of the molecule is N#Cc1ccc(N2CCN(C(=O)N3CCC(O)C3)CC2)nc1. The third kappa shape index (κ3) is 2.97. The first-order valence-electron chi connectivity index (χ1n) is 7.50. The predicted octanol–water partition coefficient (Wildman–Crippen LogP) is 0.262. The Kier molecular flexibility index (Phi) is 4.11. The molecule has 116 valence electrons. The van der Waals surface area contributed by atoms with Crippen LogP contribution in [0.1, 0.15) is 12.0 Å². The maximum Gasteiger partial charge on any atom is 0.320 e. The molecule has 2 saturated heterocycles. The van der Waals surface area contributed by atoms with Gasteiger partial charge in [0.15, 0.2) is 0 Å². The largest absolute Gasteiger partial charge is 0.391 e. The fourth-order valence-corrected chi connectivity index (χ4v) is 2.88. The molecule has 7 nitrogen and oxygen atoms in total. The minimum absolute atomic E-state index is 0.0176. The molecule has 3 rings (SSSR count). The van der Waals surface area contributed by atoms with Crippen LogP contribution in [0, 0.1) is 11.3 Å². The van der Waals surface area contributed by atoms with E-state index in [1.165, 1.54) is 0 Å². The zero-order valence-electron chi connectivity index (χ0n) is 12.4. The monoisotopic (exact) mass is 301 g/mol. The first-order chi connectivity index (χ1) is 10.7. The van der Waals surface area contributed by atoms with Crippen LogP contribution in [-0.4, -0.2) is 71.3 Å². The molecule has 0 bridgehead atoms. The number of hydrogen-bond acceptors (Lipinski definition) is 5. The summed E-state index contributed by atoms with van der Waals surface area (Å²) < 4.78 is 0. The molecular weight excluding hydrogens is 282 g/mol. The van der Waals surface area contributed by atoms with E-state index in [1.807, 2.05) is 11.0 Å². The summed E-state index contributed by atoms with van der Waals surface area (Å²) in [4.78, 5) is 22.3. The Morgan fingerprint density at radius 1 is 1.23 bits per heavy atom. The highest BCUT2D eigenvalue weighted by Crippen LogP contribution is 2.16. The molecule has 0 radical (unpaired) electrons. The number of hydrogen-bond donors (Lipinski definition) is 1. The smallest absolute Gasteiger partial charge is 0.320 e. The molecule has 1 unspecified atom stereocenters. The third-order valence-corrected chi connectivity index (χ3v) is 4.19. The molecule has 3 heterocycles. The van der Waals surface area contributed by atoms with E-state index in [-0.39, 0.29) is 12.1 Å². The molecule has 0 saturated carbocycles. The number of likely N-dealkylation sites (tertiary alicyclic amines) is 1. The molecule has 2 aliphatic heterocycles. The van der Waals surface area contributed by atoms with Crippen molar-refractivity contribution in [2.24, 2.45) is 0 Å². The quantitative estimate of drug-likeness (QED) is 0.804. The van der Waals surface area contributed by atoms with E-state index in [1.54, 1.807) is 17.2 Å². The second kappa shape index (κ2) is 6.20. The van der Waals surface area contributed by atoms with E-state index in [9.17, 15) is 9.90 Å². The highest BCUT2D eigenvalue weighted by atomic mass is 16.3. The van der Waals surface area contributed by atoms with Gasteiger partial charge in [-0.3, -0.25) is 0 Å². The first-order valence-corrected chi connectivity index (χ1v) is 7.50. The topological polar surface area (TPSA) is 83.7 Å². The van der Waals surface area contributed by atoms with Gasteiger partial charge in [-0.15, -0.1) is 0 Å². The minimum atomic E-state index is -0.381. The number of nitrogens with zero attached hydrogens (tertiary/aromatic N) is 5. The second-order valence-corrected chi connectivity index (χ2v) is 5.66. The molecule has 1 aromatic rings. The number of piperazine rings is 1. The fraction of sp³-hybridized carbons (Fsp3) is 0.533. The number of β-amino-alcohol motifs (C(OH)–C–C–N with tert-alkyl or cyclic N) is 1. The maximum atomic E-state index is 12.3. The Bertz CT molecular complexity index is 575. The molecule has 2 aliphatic rings. The molecule has 0 spiro atoms. The number of pyridine rings is 1. The number of rotatable bonds is 1. The summed E-state index contributed by atoms with van der Waals surface area (Å²) in [7, 11) is 0. The van der Waals surface area contributed by atoms with Crippen molar-refractivity contribution in [3.05, 3.63) is 23.9 Å². The molecular formula is C15H19N5O2. The molecule has 0 aromatic carbocycles. The van der Waals surface area contributed by atoms with Crippen molar-refractivity contribution in [1.29, 1.82) is 5.26 Å². The number of urea groups is 1. The first kappa shape index (κ1) is 14.6. The molecule has 22 heavy (non-hydrogen) atoms. The van der Waals surface area contributed by atoms with E-state index in [0.29, 0.717) is 38.2 Å². The van der Waals surface area contributed by atoms with Crippen LogP contribution < -0.4 is 4.90 Å². The highest BCUT2D eigenvalue weighted by Gasteiger charge is 2.30. The van der Waals surface area contributed by atoms with Crippen LogP contribution in [0.25, 0.3) is 0 Å². The van der Waals surface area contributed by atoms with Crippen molar-refractivity contribution in [1.82, 2.24) is 14.8 Å². The van der Waals surface area contributed by atoms with E-state index in [2.05, 4.69) is 16.0 Å². The number of aliphatic hydroxyl groups excluding tert-OH is 1. The number of aromatic nitrogens is 1. The fourth-order valence-electron chi connectivity index (χ4n) is 2.88. The lowest BCUT2D eigenvalue weighted by molar-refractivity contribution is 0.144. The van der Waals surface area contributed by atoms with Gasteiger partial charge >= 0.3 is 6.03 Å². The van der Waals surface area contributed by atoms with Crippen LogP contribution in [0.3, 0.4) is 0 Å². The van der Waals surface area contributed by atoms with Gasteiger partial charge in [0.05, 0.1) is 11.7 Å². The van der Waals surface area contributed by atoms with Gasteiger partial charge in [-0.2, -0.15) is 5.26 Å². The van der Waals surface area contributed by atoms with Crippen LogP contribution in [0.15, 0.2) is 18.3 Å². The maximum absolute atomic E-state index is 12.3. The highest BCUT2D eigenvalue weighted by molar-refractivity contribution is 5.75. The number of carbonyl (C=O) groups is 1. The lowest BCUT2D eigenvalue weighted by atomic mass is 10.2. The average molecular weight is 301 g/mol. The van der Waals surface area contributed by atoms with Gasteiger partial charge in [-0.1, -0.05) is 0 Å². The predicted molar refractivity (Wildman–Crippen MR) is 80.3 cm³/mol. The normalized spacial score (nSPS) is 21.8. The Morgan fingerprint density at radius 3 is 2.55 bits per heavy atom. The van der Waals surface area contributed by atoms with Crippen LogP contribution in [0.2, 0.25) is 0 Å². The van der Waals surface area contributed by atoms with Crippen molar-refractivity contribution in [3.8, 4) is 6.07 Å². The van der Waals surface area contributed by atoms with Gasteiger partial charge in [0.25, 0.3) is 0 Å². The van der Waals surface area contributed by atoms with Crippen LogP contribution >= 0.6 is 0 Å². The summed E-state index contributed by atoms with van der Waals surface area (Å²) >= 11 is 0. The second-order valence-electron chi connectivity index (χ2n) is 5.66. The Labute approximate surface area is 129 Å². The van der Waals surface area contributed by atoms with E-state index in [4.69, 9.17) is 5.26 Å². The van der Waals surface area contributed by atoms with E-state index < -0.39 is 0 Å². The third-order valence-electron chi connectivity index (χ3n) is 4.19. The van der Waals surface area contributed by atoms with Gasteiger partial charge in [0.1, 0.15) is 11.9 Å². The summed E-state index contributed by atoms with van der Waals surface area (Å²) in [5, 5.41) is 18.3. The van der Waals surface area contributed by atoms with Crippen molar-refractivity contribution < 1.29 is 9.90 Å². The Morgan fingerprint density at radius 2 is 2.00 bits per heavy atom. The number of amides is 2. The van der Waals surface area contributed by atoms with Gasteiger partial charge < -0.3 is 19.8 Å². The molecule has 7 heteroatoms. The van der Waals surface area contributed by atoms with Crippen molar-refractivity contribution in [3.63, 3.8) is 0 Å². The standard InChI is InChI=1S/C15H19N5O2/c16-9-12-1-2-14(17-10-12)18-5-7-19(8-6-18)15(22)20-4-3-13(21)11-20/h1-2,10,13,21H,3-8,11H2. The van der Waals surface area contributed by atoms with Crippen molar-refractivity contribution in [2.75, 3.05) is 44.2 Å². The zero-order chi connectivity index (χ0) is 15.5. The van der Waals surface area contributed by atoms with Gasteiger partial charge in [-0.25, -0.2) is 9.78 Å². The van der Waals surface area contributed by atoms with Crippen LogP contribution in [0.4, 0.5) is 10.6 Å². The summed E-state index contributed by atoms with van der Waals surface area (Å²) in [5.74, 6) is 0.836. The summed E-state index contributed by atoms with van der Waals surface area (Å²) in [5.41, 5.74) is 0.546.